The number of benzene rings is 1. The first-order valence-electron chi connectivity index (χ1n) is 4.08. The summed E-state index contributed by atoms with van der Waals surface area (Å²) in [7, 11) is 0. The molecule has 1 rings (SSSR count). The van der Waals surface area contributed by atoms with E-state index in [2.05, 4.69) is 0 Å². The van der Waals surface area contributed by atoms with Crippen LogP contribution in [-0.4, -0.2) is 12.4 Å². The van der Waals surface area contributed by atoms with Crippen LogP contribution in [0.5, 0.6) is 5.75 Å². The highest BCUT2D eigenvalue weighted by atomic mass is 19.1. The van der Waals surface area contributed by atoms with Crippen molar-refractivity contribution in [1.29, 1.82) is 0 Å². The third kappa shape index (κ3) is 2.28. The van der Waals surface area contributed by atoms with Crippen LogP contribution in [0.3, 0.4) is 0 Å². The lowest BCUT2D eigenvalue weighted by atomic mass is 10.1. The van der Waals surface area contributed by atoms with Gasteiger partial charge < -0.3 is 4.74 Å². The zero-order valence-corrected chi connectivity index (χ0v) is 7.63. The molecule has 13 heavy (non-hydrogen) atoms. The fourth-order valence-electron chi connectivity index (χ4n) is 0.988. The zero-order chi connectivity index (χ0) is 9.84. The first-order chi connectivity index (χ1) is 6.15. The molecule has 0 aliphatic carbocycles. The lowest BCUT2D eigenvalue weighted by molar-refractivity contribution is 0.101. The van der Waals surface area contributed by atoms with Gasteiger partial charge in [0.25, 0.3) is 0 Å². The van der Waals surface area contributed by atoms with Crippen LogP contribution in [-0.2, 0) is 0 Å². The van der Waals surface area contributed by atoms with Crippen molar-refractivity contribution < 1.29 is 13.9 Å². The van der Waals surface area contributed by atoms with Crippen molar-refractivity contribution in [3.63, 3.8) is 0 Å². The summed E-state index contributed by atoms with van der Waals surface area (Å²) < 4.78 is 18.0. The third-order valence-electron chi connectivity index (χ3n) is 1.64. The number of carbonyl (C=O) groups is 1. The molecule has 70 valence electrons. The molecule has 0 aromatic heterocycles. The van der Waals surface area contributed by atoms with E-state index in [0.29, 0.717) is 12.2 Å². The molecular formula is C10H11FO2. The standard InChI is InChI=1S/C10H11FO2/c1-3-13-10-6-8(7(2)12)4-5-9(10)11/h4-6H,3H2,1-2H3. The normalized spacial score (nSPS) is 9.77. The zero-order valence-electron chi connectivity index (χ0n) is 7.63. The van der Waals surface area contributed by atoms with Gasteiger partial charge in [-0.25, -0.2) is 4.39 Å². The molecule has 0 bridgehead atoms. The molecule has 1 aromatic carbocycles. The number of hydrogen-bond acceptors (Lipinski definition) is 2. The van der Waals surface area contributed by atoms with Crippen molar-refractivity contribution in [2.75, 3.05) is 6.61 Å². The van der Waals surface area contributed by atoms with Crippen LogP contribution < -0.4 is 4.74 Å². The van der Waals surface area contributed by atoms with Crippen LogP contribution in [0, 0.1) is 5.82 Å². The SMILES string of the molecule is CCOc1cc(C(C)=O)ccc1F. The van der Waals surface area contributed by atoms with Gasteiger partial charge in [-0.3, -0.25) is 4.79 Å². The number of Topliss-reactive ketones (excluding diaryl/α,β-unsaturated/α-hetero) is 1. The Bertz CT molecular complexity index is 321. The van der Waals surface area contributed by atoms with Crippen molar-refractivity contribution in [2.45, 2.75) is 13.8 Å². The molecule has 0 radical (unpaired) electrons. The Labute approximate surface area is 76.3 Å². The van der Waals surface area contributed by atoms with Crippen LogP contribution in [0.1, 0.15) is 24.2 Å². The number of ketones is 1. The van der Waals surface area contributed by atoms with E-state index in [1.807, 2.05) is 0 Å². The van der Waals surface area contributed by atoms with Crippen LogP contribution >= 0.6 is 0 Å². The molecule has 2 nitrogen and oxygen atoms in total. The van der Waals surface area contributed by atoms with Gasteiger partial charge in [0.15, 0.2) is 17.3 Å². The molecule has 0 heterocycles. The molecule has 0 N–H and O–H groups in total. The third-order valence-corrected chi connectivity index (χ3v) is 1.64. The maximum Gasteiger partial charge on any atom is 0.165 e. The summed E-state index contributed by atoms with van der Waals surface area (Å²) in [4.78, 5) is 10.9. The van der Waals surface area contributed by atoms with E-state index in [9.17, 15) is 9.18 Å². The van der Waals surface area contributed by atoms with Gasteiger partial charge in [0.1, 0.15) is 0 Å². The Morgan fingerprint density at radius 2 is 2.23 bits per heavy atom. The van der Waals surface area contributed by atoms with Gasteiger partial charge in [-0.2, -0.15) is 0 Å². The molecule has 0 atom stereocenters. The highest BCUT2D eigenvalue weighted by Gasteiger charge is 2.06. The number of rotatable bonds is 3. The largest absolute Gasteiger partial charge is 0.491 e. The lowest BCUT2D eigenvalue weighted by Crippen LogP contribution is -1.98. The van der Waals surface area contributed by atoms with Crippen molar-refractivity contribution in [1.82, 2.24) is 0 Å². The maximum absolute atomic E-state index is 13.0. The van der Waals surface area contributed by atoms with Crippen LogP contribution in [0.2, 0.25) is 0 Å². The first-order valence-corrected chi connectivity index (χ1v) is 4.08. The summed E-state index contributed by atoms with van der Waals surface area (Å²) in [6.45, 7) is 3.58. The molecule has 0 aliphatic heterocycles. The van der Waals surface area contributed by atoms with Crippen molar-refractivity contribution in [2.24, 2.45) is 0 Å². The van der Waals surface area contributed by atoms with Crippen LogP contribution in [0.4, 0.5) is 4.39 Å². The molecule has 0 saturated carbocycles. The summed E-state index contributed by atoms with van der Waals surface area (Å²) in [6, 6.07) is 4.10. The summed E-state index contributed by atoms with van der Waals surface area (Å²) >= 11 is 0. The number of hydrogen-bond donors (Lipinski definition) is 0. The fraction of sp³-hybridized carbons (Fsp3) is 0.300. The van der Waals surface area contributed by atoms with Gasteiger partial charge in [-0.05, 0) is 32.0 Å². The van der Waals surface area contributed by atoms with E-state index in [1.165, 1.54) is 25.1 Å². The Balaban J connectivity index is 3.03. The van der Waals surface area contributed by atoms with E-state index in [-0.39, 0.29) is 11.5 Å². The first kappa shape index (κ1) is 9.71. The van der Waals surface area contributed by atoms with E-state index >= 15 is 0 Å². The smallest absolute Gasteiger partial charge is 0.165 e. The molecule has 0 aliphatic rings. The minimum absolute atomic E-state index is 0.0963. The fourth-order valence-corrected chi connectivity index (χ4v) is 0.988. The minimum Gasteiger partial charge on any atom is -0.491 e. The Hall–Kier alpha value is -1.38. The monoisotopic (exact) mass is 182 g/mol. The molecule has 3 heteroatoms. The average Bonchev–Trinajstić information content (AvgIpc) is 2.08. The quantitative estimate of drug-likeness (QED) is 0.671. The average molecular weight is 182 g/mol. The van der Waals surface area contributed by atoms with Gasteiger partial charge in [-0.1, -0.05) is 0 Å². The summed E-state index contributed by atoms with van der Waals surface area (Å²) in [5.41, 5.74) is 0.463. The summed E-state index contributed by atoms with van der Waals surface area (Å²) in [5.74, 6) is -0.400. The van der Waals surface area contributed by atoms with Gasteiger partial charge in [0.05, 0.1) is 6.61 Å². The highest BCUT2D eigenvalue weighted by Crippen LogP contribution is 2.18. The lowest BCUT2D eigenvalue weighted by Gasteiger charge is -2.05. The Morgan fingerprint density at radius 1 is 1.54 bits per heavy atom. The van der Waals surface area contributed by atoms with Crippen molar-refractivity contribution >= 4 is 5.78 Å². The maximum atomic E-state index is 13.0. The second-order valence-electron chi connectivity index (χ2n) is 2.63. The molecule has 0 saturated heterocycles. The molecule has 0 spiro atoms. The van der Waals surface area contributed by atoms with E-state index in [0.717, 1.165) is 0 Å². The van der Waals surface area contributed by atoms with Gasteiger partial charge >= 0.3 is 0 Å². The topological polar surface area (TPSA) is 26.3 Å². The second kappa shape index (κ2) is 4.03. The van der Waals surface area contributed by atoms with Crippen LogP contribution in [0.25, 0.3) is 0 Å². The minimum atomic E-state index is -0.438. The predicted octanol–water partition coefficient (Wildman–Crippen LogP) is 2.43. The number of ether oxygens (including phenoxy) is 1. The van der Waals surface area contributed by atoms with E-state index < -0.39 is 5.82 Å². The Morgan fingerprint density at radius 3 is 2.77 bits per heavy atom. The van der Waals surface area contributed by atoms with Gasteiger partial charge in [-0.15, -0.1) is 0 Å². The number of carbonyl (C=O) groups excluding carboxylic acids is 1. The number of halogens is 1. The summed E-state index contributed by atoms with van der Waals surface area (Å²) in [6.07, 6.45) is 0. The molecule has 0 amide bonds. The molecule has 0 fully saturated rings. The van der Waals surface area contributed by atoms with Crippen molar-refractivity contribution in [3.05, 3.63) is 29.6 Å². The van der Waals surface area contributed by atoms with E-state index in [1.54, 1.807) is 6.92 Å². The second-order valence-corrected chi connectivity index (χ2v) is 2.63. The van der Waals surface area contributed by atoms with Gasteiger partial charge in [0, 0.05) is 5.56 Å². The van der Waals surface area contributed by atoms with Crippen molar-refractivity contribution in [3.8, 4) is 5.75 Å². The predicted molar refractivity (Wildman–Crippen MR) is 47.6 cm³/mol. The van der Waals surface area contributed by atoms with E-state index in [4.69, 9.17) is 4.74 Å². The van der Waals surface area contributed by atoms with Crippen LogP contribution in [0.15, 0.2) is 18.2 Å². The molecule has 1 aromatic rings. The Kier molecular flexibility index (Phi) is 3.01. The molecular weight excluding hydrogens is 171 g/mol. The summed E-state index contributed by atoms with van der Waals surface area (Å²) in [5, 5.41) is 0. The van der Waals surface area contributed by atoms with Gasteiger partial charge in [0.2, 0.25) is 0 Å². The molecule has 0 unspecified atom stereocenters. The highest BCUT2D eigenvalue weighted by molar-refractivity contribution is 5.94.